The van der Waals surface area contributed by atoms with Crippen molar-refractivity contribution in [2.75, 3.05) is 18.9 Å². The zero-order valence-corrected chi connectivity index (χ0v) is 20.9. The maximum Gasteiger partial charge on any atom is 0.278 e. The third-order valence-corrected chi connectivity index (χ3v) is 6.68. The topological polar surface area (TPSA) is 102 Å². The van der Waals surface area contributed by atoms with Crippen LogP contribution in [-0.4, -0.2) is 37.9 Å². The number of rotatable bonds is 6. The Balaban J connectivity index is 1.62. The number of hydrogen-bond acceptors (Lipinski definition) is 7. The Labute approximate surface area is 204 Å². The smallest absolute Gasteiger partial charge is 0.278 e. The predicted molar refractivity (Wildman–Crippen MR) is 139 cm³/mol. The molecule has 3 N–H and O–H groups in total. The van der Waals surface area contributed by atoms with Crippen LogP contribution in [-0.2, 0) is 18.5 Å². The van der Waals surface area contributed by atoms with Gasteiger partial charge in [0.2, 0.25) is 5.95 Å². The summed E-state index contributed by atoms with van der Waals surface area (Å²) in [7, 11) is 1.91. The van der Waals surface area contributed by atoms with Crippen molar-refractivity contribution in [3.05, 3.63) is 69.8 Å². The highest BCUT2D eigenvalue weighted by Crippen LogP contribution is 2.24. The van der Waals surface area contributed by atoms with E-state index in [0.717, 1.165) is 30.9 Å². The van der Waals surface area contributed by atoms with Crippen LogP contribution in [0.5, 0.6) is 0 Å². The fourth-order valence-corrected chi connectivity index (χ4v) is 4.45. The maximum atomic E-state index is 13.3. The van der Waals surface area contributed by atoms with Crippen molar-refractivity contribution in [2.45, 2.75) is 52.2 Å². The van der Waals surface area contributed by atoms with E-state index in [1.54, 1.807) is 10.9 Å². The van der Waals surface area contributed by atoms with Crippen LogP contribution >= 0.6 is 0 Å². The van der Waals surface area contributed by atoms with Gasteiger partial charge in [-0.3, -0.25) is 4.79 Å². The largest absolute Gasteiger partial charge is 0.324 e. The highest BCUT2D eigenvalue weighted by molar-refractivity contribution is 5.77. The van der Waals surface area contributed by atoms with E-state index in [4.69, 9.17) is 9.97 Å². The van der Waals surface area contributed by atoms with E-state index in [1.807, 2.05) is 49.8 Å². The lowest BCUT2D eigenvalue weighted by molar-refractivity contribution is 0.426. The lowest BCUT2D eigenvalue weighted by Gasteiger charge is -2.24. The molecule has 3 aromatic heterocycles. The Morgan fingerprint density at radius 3 is 2.71 bits per heavy atom. The second kappa shape index (κ2) is 8.90. The Kier molecular flexibility index (Phi) is 5.90. The average molecular weight is 473 g/mol. The van der Waals surface area contributed by atoms with Gasteiger partial charge in [-0.15, -0.1) is 0 Å². The van der Waals surface area contributed by atoms with E-state index in [0.29, 0.717) is 22.8 Å². The second-order valence-corrected chi connectivity index (χ2v) is 9.78. The van der Waals surface area contributed by atoms with Crippen molar-refractivity contribution in [3.8, 4) is 5.82 Å². The molecule has 1 aromatic carbocycles. The molecule has 9 heteroatoms. The van der Waals surface area contributed by atoms with E-state index in [1.165, 1.54) is 11.1 Å². The summed E-state index contributed by atoms with van der Waals surface area (Å²) in [6.07, 6.45) is 2.60. The van der Waals surface area contributed by atoms with Gasteiger partial charge < -0.3 is 16.0 Å². The van der Waals surface area contributed by atoms with E-state index in [2.05, 4.69) is 46.9 Å². The minimum atomic E-state index is -0.328. The first-order valence-corrected chi connectivity index (χ1v) is 12.0. The summed E-state index contributed by atoms with van der Waals surface area (Å²) in [5.74, 6) is 1.07. The summed E-state index contributed by atoms with van der Waals surface area (Å²) in [6, 6.07) is 12.1. The Morgan fingerprint density at radius 1 is 1.11 bits per heavy atom. The Bertz CT molecular complexity index is 1450. The molecule has 0 aliphatic carbocycles. The van der Waals surface area contributed by atoms with Crippen LogP contribution in [0.3, 0.4) is 0 Å². The monoisotopic (exact) mass is 472 g/mol. The van der Waals surface area contributed by atoms with Crippen LogP contribution in [0, 0.1) is 0 Å². The molecule has 0 amide bonds. The molecule has 0 radical (unpaired) electrons. The molecule has 0 unspecified atom stereocenters. The molecule has 1 aliphatic rings. The van der Waals surface area contributed by atoms with Gasteiger partial charge in [0, 0.05) is 24.5 Å². The molecule has 35 heavy (non-hydrogen) atoms. The summed E-state index contributed by atoms with van der Waals surface area (Å²) in [5, 5.41) is 10.5. The minimum Gasteiger partial charge on any atom is -0.324 e. The van der Waals surface area contributed by atoms with Gasteiger partial charge in [0.1, 0.15) is 5.39 Å². The Morgan fingerprint density at radius 2 is 1.94 bits per heavy atom. The van der Waals surface area contributed by atoms with Crippen molar-refractivity contribution in [3.63, 3.8) is 0 Å². The lowest BCUT2D eigenvalue weighted by Crippen LogP contribution is -2.34. The van der Waals surface area contributed by atoms with E-state index in [9.17, 15) is 4.79 Å². The molecule has 0 saturated carbocycles. The van der Waals surface area contributed by atoms with Gasteiger partial charge in [0.25, 0.3) is 5.56 Å². The van der Waals surface area contributed by atoms with Crippen molar-refractivity contribution in [2.24, 2.45) is 0 Å². The van der Waals surface area contributed by atoms with Crippen LogP contribution < -0.4 is 21.5 Å². The van der Waals surface area contributed by atoms with E-state index >= 15 is 0 Å². The fraction of sp³-hybridized carbons (Fsp3) is 0.385. The number of fused-ring (bicyclic) bond motifs is 2. The molecule has 0 atom stereocenters. The van der Waals surface area contributed by atoms with Gasteiger partial charge in [-0.25, -0.2) is 19.3 Å². The normalized spacial score (nSPS) is 13.9. The first-order valence-electron chi connectivity index (χ1n) is 12.0. The van der Waals surface area contributed by atoms with Gasteiger partial charge in [-0.2, -0.15) is 4.98 Å². The molecule has 0 fully saturated rings. The van der Waals surface area contributed by atoms with Gasteiger partial charge in [0.15, 0.2) is 11.5 Å². The Hall–Kier alpha value is -3.56. The molecule has 182 valence electrons. The summed E-state index contributed by atoms with van der Waals surface area (Å²) in [5.41, 5.74) is 4.50. The third-order valence-electron chi connectivity index (χ3n) is 6.68. The van der Waals surface area contributed by atoms with Gasteiger partial charge >= 0.3 is 0 Å². The molecule has 4 heterocycles. The van der Waals surface area contributed by atoms with Crippen molar-refractivity contribution >= 4 is 22.7 Å². The number of benzene rings is 1. The van der Waals surface area contributed by atoms with Crippen LogP contribution in [0.2, 0.25) is 0 Å². The standard InChI is InChI=1S/C26H32N8O/c1-16(2)33-24(35)20-15-29-25(30-19-10-9-18-14-28-12-11-17(18)13-19)32-23(20)34(33)22-8-6-7-21(31-22)26(3,4)27-5/h6-10,13,15-16,27-28H,11-12,14H2,1-5H3,(H,29,30,32). The van der Waals surface area contributed by atoms with Crippen LogP contribution in [0.1, 0.15) is 50.6 Å². The van der Waals surface area contributed by atoms with Gasteiger partial charge in [0.05, 0.1) is 11.2 Å². The van der Waals surface area contributed by atoms with Crippen molar-refractivity contribution < 1.29 is 0 Å². The van der Waals surface area contributed by atoms with Crippen molar-refractivity contribution in [1.29, 1.82) is 0 Å². The average Bonchev–Trinajstić information content (AvgIpc) is 3.16. The number of hydrogen-bond donors (Lipinski definition) is 3. The van der Waals surface area contributed by atoms with E-state index in [-0.39, 0.29) is 17.1 Å². The quantitative estimate of drug-likeness (QED) is 0.395. The maximum absolute atomic E-state index is 13.3. The minimum absolute atomic E-state index is 0.0925. The summed E-state index contributed by atoms with van der Waals surface area (Å²) >= 11 is 0. The molecule has 0 saturated heterocycles. The summed E-state index contributed by atoms with van der Waals surface area (Å²) < 4.78 is 3.50. The van der Waals surface area contributed by atoms with Crippen LogP contribution in [0.25, 0.3) is 16.9 Å². The third kappa shape index (κ3) is 4.21. The number of nitrogens with one attached hydrogen (secondary N) is 3. The lowest BCUT2D eigenvalue weighted by atomic mass is 10.0. The molecule has 4 aromatic rings. The number of anilines is 2. The molecule has 0 bridgehead atoms. The van der Waals surface area contributed by atoms with Crippen molar-refractivity contribution in [1.82, 2.24) is 34.9 Å². The van der Waals surface area contributed by atoms with Gasteiger partial charge in [-0.05, 0) is 83.1 Å². The number of nitrogens with zero attached hydrogens (tertiary/aromatic N) is 5. The molecule has 1 aliphatic heterocycles. The first kappa shape index (κ1) is 23.2. The number of pyridine rings is 1. The number of aromatic nitrogens is 5. The summed E-state index contributed by atoms with van der Waals surface area (Å²) in [4.78, 5) is 27.5. The molecule has 9 nitrogen and oxygen atoms in total. The van der Waals surface area contributed by atoms with Gasteiger partial charge in [-0.1, -0.05) is 12.1 Å². The van der Waals surface area contributed by atoms with Crippen LogP contribution in [0.4, 0.5) is 11.6 Å². The highest BCUT2D eigenvalue weighted by atomic mass is 16.1. The molecular weight excluding hydrogens is 440 g/mol. The predicted octanol–water partition coefficient (Wildman–Crippen LogP) is 3.40. The SMILES string of the molecule is CNC(C)(C)c1cccc(-n2c3nc(Nc4ccc5c(c4)CCNC5)ncc3c(=O)n2C(C)C)n1. The highest BCUT2D eigenvalue weighted by Gasteiger charge is 2.23. The zero-order chi connectivity index (χ0) is 24.7. The molecule has 0 spiro atoms. The van der Waals surface area contributed by atoms with Crippen LogP contribution in [0.15, 0.2) is 47.4 Å². The first-order chi connectivity index (χ1) is 16.8. The summed E-state index contributed by atoms with van der Waals surface area (Å²) in [6.45, 7) is 9.97. The molecule has 5 rings (SSSR count). The van der Waals surface area contributed by atoms with E-state index < -0.39 is 0 Å². The molecular formula is C26H32N8O. The zero-order valence-electron chi connectivity index (χ0n) is 20.9. The second-order valence-electron chi connectivity index (χ2n) is 9.78. The fourth-order valence-electron chi connectivity index (χ4n) is 4.45.